The summed E-state index contributed by atoms with van der Waals surface area (Å²) < 4.78 is 0. The summed E-state index contributed by atoms with van der Waals surface area (Å²) in [7, 11) is 1.75. The quantitative estimate of drug-likeness (QED) is 0.804. The molecule has 4 heteroatoms. The molecule has 3 nitrogen and oxygen atoms in total. The number of benzene rings is 1. The maximum Gasteiger partial charge on any atom is 0.230 e. The second kappa shape index (κ2) is 5.24. The van der Waals surface area contributed by atoms with Crippen molar-refractivity contribution < 1.29 is 4.79 Å². The first kappa shape index (κ1) is 12.0. The maximum absolute atomic E-state index is 12.2. The van der Waals surface area contributed by atoms with Gasteiger partial charge in [-0.1, -0.05) is 12.1 Å². The summed E-state index contributed by atoms with van der Waals surface area (Å²) in [5, 5.41) is 9.02. The van der Waals surface area contributed by atoms with Crippen LogP contribution in [0.4, 0.5) is 5.69 Å². The fourth-order valence-corrected chi connectivity index (χ4v) is 3.19. The molecule has 1 heterocycles. The molecule has 1 unspecified atom stereocenters. The van der Waals surface area contributed by atoms with E-state index in [2.05, 4.69) is 6.07 Å². The molecule has 1 atom stereocenters. The molecule has 0 aliphatic carbocycles. The monoisotopic (exact) mass is 246 g/mol. The molecule has 0 saturated carbocycles. The van der Waals surface area contributed by atoms with Crippen LogP contribution in [0.1, 0.15) is 12.0 Å². The first-order valence-corrected chi connectivity index (χ1v) is 6.74. The Labute approximate surface area is 105 Å². The highest BCUT2D eigenvalue weighted by Crippen LogP contribution is 2.27. The number of amides is 1. The van der Waals surface area contributed by atoms with Crippen LogP contribution in [0.3, 0.4) is 0 Å². The molecule has 1 amide bonds. The Morgan fingerprint density at radius 1 is 1.53 bits per heavy atom. The van der Waals surface area contributed by atoms with Crippen LogP contribution in [0.5, 0.6) is 0 Å². The Bertz CT molecular complexity index is 461. The number of anilines is 1. The predicted octanol–water partition coefficient (Wildman–Crippen LogP) is 2.27. The van der Waals surface area contributed by atoms with Crippen LogP contribution < -0.4 is 4.90 Å². The molecule has 0 spiro atoms. The molecule has 1 aromatic carbocycles. The highest BCUT2D eigenvalue weighted by molar-refractivity contribution is 7.99. The van der Waals surface area contributed by atoms with E-state index in [0.29, 0.717) is 11.3 Å². The van der Waals surface area contributed by atoms with Gasteiger partial charge in [-0.25, -0.2) is 0 Å². The van der Waals surface area contributed by atoms with E-state index in [0.717, 1.165) is 17.9 Å². The van der Waals surface area contributed by atoms with Gasteiger partial charge in [0.25, 0.3) is 0 Å². The van der Waals surface area contributed by atoms with Gasteiger partial charge >= 0.3 is 0 Å². The SMILES string of the molecule is CN(C(=O)C1CCSC1)c1ccccc1C#N. The zero-order chi connectivity index (χ0) is 12.3. The number of nitriles is 1. The van der Waals surface area contributed by atoms with Crippen LogP contribution in [0, 0.1) is 17.2 Å². The van der Waals surface area contributed by atoms with Gasteiger partial charge < -0.3 is 4.90 Å². The van der Waals surface area contributed by atoms with E-state index in [1.807, 2.05) is 30.0 Å². The molecular weight excluding hydrogens is 232 g/mol. The minimum atomic E-state index is 0.108. The largest absolute Gasteiger partial charge is 0.314 e. The molecule has 17 heavy (non-hydrogen) atoms. The summed E-state index contributed by atoms with van der Waals surface area (Å²) >= 11 is 1.82. The maximum atomic E-state index is 12.2. The van der Waals surface area contributed by atoms with E-state index < -0.39 is 0 Å². The van der Waals surface area contributed by atoms with Crippen molar-refractivity contribution in [3.63, 3.8) is 0 Å². The van der Waals surface area contributed by atoms with E-state index in [1.54, 1.807) is 18.0 Å². The van der Waals surface area contributed by atoms with Crippen LogP contribution >= 0.6 is 11.8 Å². The van der Waals surface area contributed by atoms with Gasteiger partial charge in [0.1, 0.15) is 6.07 Å². The minimum Gasteiger partial charge on any atom is -0.314 e. The van der Waals surface area contributed by atoms with Gasteiger partial charge in [-0.2, -0.15) is 17.0 Å². The second-order valence-corrected chi connectivity index (χ2v) is 5.24. The van der Waals surface area contributed by atoms with Gasteiger partial charge in [0.2, 0.25) is 5.91 Å². The molecular formula is C13H14N2OS. The van der Waals surface area contributed by atoms with Crippen molar-refractivity contribution in [2.24, 2.45) is 5.92 Å². The van der Waals surface area contributed by atoms with E-state index in [1.165, 1.54) is 0 Å². The summed E-state index contributed by atoms with van der Waals surface area (Å²) in [4.78, 5) is 13.8. The van der Waals surface area contributed by atoms with E-state index in [-0.39, 0.29) is 11.8 Å². The van der Waals surface area contributed by atoms with Crippen molar-refractivity contribution in [1.82, 2.24) is 0 Å². The summed E-state index contributed by atoms with van der Waals surface area (Å²) in [6.07, 6.45) is 0.947. The van der Waals surface area contributed by atoms with Crippen molar-refractivity contribution in [2.45, 2.75) is 6.42 Å². The molecule has 0 radical (unpaired) electrons. The van der Waals surface area contributed by atoms with Gasteiger partial charge in [0, 0.05) is 18.7 Å². The fraction of sp³-hybridized carbons (Fsp3) is 0.385. The Morgan fingerprint density at radius 2 is 2.29 bits per heavy atom. The van der Waals surface area contributed by atoms with Crippen molar-refractivity contribution in [2.75, 3.05) is 23.5 Å². The average molecular weight is 246 g/mol. The van der Waals surface area contributed by atoms with Gasteiger partial charge in [0.05, 0.1) is 11.3 Å². The Kier molecular flexibility index (Phi) is 3.70. The standard InChI is InChI=1S/C13H14N2OS/c1-15(13(16)11-6-7-17-9-11)12-5-3-2-4-10(12)8-14/h2-5,11H,6-7,9H2,1H3. The number of hydrogen-bond acceptors (Lipinski definition) is 3. The number of hydrogen-bond donors (Lipinski definition) is 0. The second-order valence-electron chi connectivity index (χ2n) is 4.09. The first-order chi connectivity index (χ1) is 8.24. The molecule has 2 rings (SSSR count). The van der Waals surface area contributed by atoms with Gasteiger partial charge in [-0.05, 0) is 24.3 Å². The molecule has 1 fully saturated rings. The van der Waals surface area contributed by atoms with Crippen LogP contribution in [0.2, 0.25) is 0 Å². The Morgan fingerprint density at radius 3 is 2.94 bits per heavy atom. The number of thioether (sulfide) groups is 1. The lowest BCUT2D eigenvalue weighted by Crippen LogP contribution is -2.33. The highest BCUT2D eigenvalue weighted by Gasteiger charge is 2.27. The van der Waals surface area contributed by atoms with Crippen molar-refractivity contribution in [3.8, 4) is 6.07 Å². The van der Waals surface area contributed by atoms with Crippen LogP contribution in [0.25, 0.3) is 0 Å². The lowest BCUT2D eigenvalue weighted by molar-refractivity contribution is -0.121. The number of nitrogens with zero attached hydrogens (tertiary/aromatic N) is 2. The Hall–Kier alpha value is -1.47. The third kappa shape index (κ3) is 2.45. The topological polar surface area (TPSA) is 44.1 Å². The number of rotatable bonds is 2. The van der Waals surface area contributed by atoms with Gasteiger partial charge in [-0.15, -0.1) is 0 Å². The van der Waals surface area contributed by atoms with E-state index >= 15 is 0 Å². The fourth-order valence-electron chi connectivity index (χ4n) is 1.98. The molecule has 1 saturated heterocycles. The van der Waals surface area contributed by atoms with E-state index in [9.17, 15) is 4.79 Å². The van der Waals surface area contributed by atoms with Gasteiger partial charge in [0.15, 0.2) is 0 Å². The third-order valence-electron chi connectivity index (χ3n) is 3.00. The zero-order valence-corrected chi connectivity index (χ0v) is 10.5. The highest BCUT2D eigenvalue weighted by atomic mass is 32.2. The molecule has 0 N–H and O–H groups in total. The van der Waals surface area contributed by atoms with Crippen molar-refractivity contribution in [1.29, 1.82) is 5.26 Å². The number of carbonyl (C=O) groups excluding carboxylic acids is 1. The number of para-hydroxylation sites is 1. The molecule has 1 aliphatic heterocycles. The Balaban J connectivity index is 2.21. The molecule has 0 bridgehead atoms. The number of carbonyl (C=O) groups is 1. The molecule has 88 valence electrons. The van der Waals surface area contributed by atoms with Crippen molar-refractivity contribution >= 4 is 23.4 Å². The van der Waals surface area contributed by atoms with Crippen LogP contribution in [0.15, 0.2) is 24.3 Å². The first-order valence-electron chi connectivity index (χ1n) is 5.58. The normalized spacial score (nSPS) is 18.7. The lowest BCUT2D eigenvalue weighted by atomic mass is 10.1. The summed E-state index contributed by atoms with van der Waals surface area (Å²) in [5.74, 6) is 2.19. The third-order valence-corrected chi connectivity index (χ3v) is 4.16. The van der Waals surface area contributed by atoms with Crippen molar-refractivity contribution in [3.05, 3.63) is 29.8 Å². The van der Waals surface area contributed by atoms with Crippen LogP contribution in [-0.4, -0.2) is 24.5 Å². The smallest absolute Gasteiger partial charge is 0.230 e. The predicted molar refractivity (Wildman–Crippen MR) is 70.0 cm³/mol. The molecule has 0 aromatic heterocycles. The van der Waals surface area contributed by atoms with Gasteiger partial charge in [-0.3, -0.25) is 4.79 Å². The molecule has 1 aliphatic rings. The summed E-state index contributed by atoms with van der Waals surface area (Å²) in [6.45, 7) is 0. The zero-order valence-electron chi connectivity index (χ0n) is 9.72. The average Bonchev–Trinajstić information content (AvgIpc) is 2.90. The molecule has 1 aromatic rings. The summed E-state index contributed by atoms with van der Waals surface area (Å²) in [5.41, 5.74) is 1.26. The minimum absolute atomic E-state index is 0.108. The lowest BCUT2D eigenvalue weighted by Gasteiger charge is -2.21. The summed E-state index contributed by atoms with van der Waals surface area (Å²) in [6, 6.07) is 9.34. The van der Waals surface area contributed by atoms with Crippen LogP contribution in [-0.2, 0) is 4.79 Å². The van der Waals surface area contributed by atoms with E-state index in [4.69, 9.17) is 5.26 Å².